The molecule has 0 atom stereocenters. The molecule has 0 saturated carbocycles. The summed E-state index contributed by atoms with van der Waals surface area (Å²) >= 11 is 1.68. The van der Waals surface area contributed by atoms with E-state index in [2.05, 4.69) is 38.0 Å². The highest BCUT2D eigenvalue weighted by atomic mass is 32.1. The molecular formula is C20H26N6OS. The molecule has 0 aliphatic carbocycles. The molecule has 3 aromatic rings. The van der Waals surface area contributed by atoms with Gasteiger partial charge in [-0.2, -0.15) is 5.10 Å². The van der Waals surface area contributed by atoms with Crippen molar-refractivity contribution >= 4 is 17.3 Å². The van der Waals surface area contributed by atoms with Crippen molar-refractivity contribution in [2.75, 3.05) is 20.2 Å². The fourth-order valence-electron chi connectivity index (χ4n) is 2.66. The minimum absolute atomic E-state index is 0.508. The van der Waals surface area contributed by atoms with E-state index in [1.807, 2.05) is 48.1 Å². The first-order valence-corrected chi connectivity index (χ1v) is 10.2. The third-order valence-electron chi connectivity index (χ3n) is 4.06. The summed E-state index contributed by atoms with van der Waals surface area (Å²) in [5.74, 6) is 1.61. The van der Waals surface area contributed by atoms with Crippen molar-refractivity contribution in [3.05, 3.63) is 58.3 Å². The van der Waals surface area contributed by atoms with Crippen LogP contribution in [0.5, 0.6) is 5.75 Å². The molecule has 0 unspecified atom stereocenters. The van der Waals surface area contributed by atoms with Crippen LogP contribution in [-0.2, 0) is 13.0 Å². The van der Waals surface area contributed by atoms with E-state index in [0.29, 0.717) is 6.54 Å². The van der Waals surface area contributed by atoms with Gasteiger partial charge in [-0.1, -0.05) is 0 Å². The third-order valence-corrected chi connectivity index (χ3v) is 4.89. The highest BCUT2D eigenvalue weighted by molar-refractivity contribution is 7.09. The topological polar surface area (TPSA) is 76.4 Å². The number of aliphatic imine (C=N–C) groups is 1. The molecule has 3 rings (SSSR count). The number of hydrogen-bond donors (Lipinski definition) is 2. The molecule has 2 heterocycles. The van der Waals surface area contributed by atoms with E-state index >= 15 is 0 Å². The van der Waals surface area contributed by atoms with E-state index in [1.54, 1.807) is 18.4 Å². The van der Waals surface area contributed by atoms with E-state index in [1.165, 1.54) is 0 Å². The quantitative estimate of drug-likeness (QED) is 0.451. The first-order valence-electron chi connectivity index (χ1n) is 9.30. The van der Waals surface area contributed by atoms with Gasteiger partial charge in [0.25, 0.3) is 0 Å². The first-order chi connectivity index (χ1) is 13.7. The van der Waals surface area contributed by atoms with E-state index in [-0.39, 0.29) is 0 Å². The largest absolute Gasteiger partial charge is 0.497 e. The van der Waals surface area contributed by atoms with Gasteiger partial charge in [-0.15, -0.1) is 11.3 Å². The number of thiazole rings is 1. The van der Waals surface area contributed by atoms with Gasteiger partial charge in [0.1, 0.15) is 5.75 Å². The highest BCUT2D eigenvalue weighted by Gasteiger charge is 2.04. The van der Waals surface area contributed by atoms with E-state index in [0.717, 1.165) is 53.3 Å². The maximum atomic E-state index is 5.20. The summed E-state index contributed by atoms with van der Waals surface area (Å²) in [4.78, 5) is 9.12. The Labute approximate surface area is 169 Å². The zero-order valence-corrected chi connectivity index (χ0v) is 17.3. The SMILES string of the molecule is CCNC(=NCc1ccn(-c2ccc(OC)cc2)n1)NCCc1csc(C)n1. The number of guanidine groups is 1. The summed E-state index contributed by atoms with van der Waals surface area (Å²) in [6, 6.07) is 9.78. The summed E-state index contributed by atoms with van der Waals surface area (Å²) in [6.07, 6.45) is 2.82. The van der Waals surface area contributed by atoms with Crippen LogP contribution >= 0.6 is 11.3 Å². The van der Waals surface area contributed by atoms with Crippen molar-refractivity contribution < 1.29 is 4.74 Å². The summed E-state index contributed by atoms with van der Waals surface area (Å²) in [7, 11) is 1.66. The van der Waals surface area contributed by atoms with E-state index < -0.39 is 0 Å². The predicted molar refractivity (Wildman–Crippen MR) is 113 cm³/mol. The van der Waals surface area contributed by atoms with Crippen molar-refractivity contribution in [2.45, 2.75) is 26.8 Å². The van der Waals surface area contributed by atoms with Crippen LogP contribution in [0.2, 0.25) is 0 Å². The minimum Gasteiger partial charge on any atom is -0.497 e. The molecule has 0 aliphatic heterocycles. The summed E-state index contributed by atoms with van der Waals surface area (Å²) in [5, 5.41) is 14.4. The zero-order chi connectivity index (χ0) is 19.8. The fraction of sp³-hybridized carbons (Fsp3) is 0.350. The molecule has 7 nitrogen and oxygen atoms in total. The van der Waals surface area contributed by atoms with Crippen LogP contribution < -0.4 is 15.4 Å². The number of aromatic nitrogens is 3. The van der Waals surface area contributed by atoms with Crippen LogP contribution in [0.3, 0.4) is 0 Å². The number of ether oxygens (including phenoxy) is 1. The molecule has 2 N–H and O–H groups in total. The zero-order valence-electron chi connectivity index (χ0n) is 16.5. The Morgan fingerprint density at radius 2 is 2.00 bits per heavy atom. The fourth-order valence-corrected chi connectivity index (χ4v) is 3.31. The second kappa shape index (κ2) is 9.89. The maximum Gasteiger partial charge on any atom is 0.191 e. The summed E-state index contributed by atoms with van der Waals surface area (Å²) in [6.45, 7) is 6.18. The molecule has 0 saturated heterocycles. The van der Waals surface area contributed by atoms with Gasteiger partial charge in [0.05, 0.1) is 35.7 Å². The lowest BCUT2D eigenvalue weighted by atomic mass is 10.3. The van der Waals surface area contributed by atoms with Crippen LogP contribution in [-0.4, -0.2) is 40.9 Å². The maximum absolute atomic E-state index is 5.20. The smallest absolute Gasteiger partial charge is 0.191 e. The predicted octanol–water partition coefficient (Wildman–Crippen LogP) is 2.94. The minimum atomic E-state index is 0.508. The second-order valence-corrected chi connectivity index (χ2v) is 7.24. The van der Waals surface area contributed by atoms with Crippen LogP contribution in [0, 0.1) is 6.92 Å². The Kier molecular flexibility index (Phi) is 7.02. The average molecular weight is 399 g/mol. The lowest BCUT2D eigenvalue weighted by molar-refractivity contribution is 0.414. The van der Waals surface area contributed by atoms with Gasteiger partial charge >= 0.3 is 0 Å². The van der Waals surface area contributed by atoms with Gasteiger partial charge in [0.15, 0.2) is 5.96 Å². The van der Waals surface area contributed by atoms with Gasteiger partial charge in [-0.25, -0.2) is 14.7 Å². The molecule has 0 amide bonds. The Bertz CT molecular complexity index is 900. The Morgan fingerprint density at radius 1 is 1.18 bits per heavy atom. The van der Waals surface area contributed by atoms with Gasteiger partial charge < -0.3 is 15.4 Å². The van der Waals surface area contributed by atoms with Crippen molar-refractivity contribution in [1.82, 2.24) is 25.4 Å². The van der Waals surface area contributed by atoms with Crippen molar-refractivity contribution in [2.24, 2.45) is 4.99 Å². The lowest BCUT2D eigenvalue weighted by Crippen LogP contribution is -2.38. The van der Waals surface area contributed by atoms with Crippen molar-refractivity contribution in [3.63, 3.8) is 0 Å². The van der Waals surface area contributed by atoms with Crippen LogP contribution in [0.1, 0.15) is 23.3 Å². The van der Waals surface area contributed by atoms with Gasteiger partial charge in [0, 0.05) is 31.1 Å². The van der Waals surface area contributed by atoms with Crippen LogP contribution in [0.4, 0.5) is 0 Å². The summed E-state index contributed by atoms with van der Waals surface area (Å²) < 4.78 is 7.04. The molecule has 148 valence electrons. The van der Waals surface area contributed by atoms with E-state index in [9.17, 15) is 0 Å². The Morgan fingerprint density at radius 3 is 2.68 bits per heavy atom. The van der Waals surface area contributed by atoms with Crippen molar-refractivity contribution in [1.29, 1.82) is 0 Å². The van der Waals surface area contributed by atoms with E-state index in [4.69, 9.17) is 4.74 Å². The number of methoxy groups -OCH3 is 1. The van der Waals surface area contributed by atoms with Crippen molar-refractivity contribution in [3.8, 4) is 11.4 Å². The van der Waals surface area contributed by atoms with Crippen LogP contribution in [0.15, 0.2) is 46.9 Å². The van der Waals surface area contributed by atoms with Gasteiger partial charge in [-0.3, -0.25) is 0 Å². The molecule has 28 heavy (non-hydrogen) atoms. The molecule has 1 aromatic carbocycles. The summed E-state index contributed by atoms with van der Waals surface area (Å²) in [5.41, 5.74) is 3.01. The molecule has 0 spiro atoms. The number of benzene rings is 1. The number of rotatable bonds is 8. The standard InChI is InChI=1S/C20H26N6OS/c1-4-21-20(22-11-9-17-14-28-15(2)24-17)23-13-16-10-12-26(25-16)18-5-7-19(27-3)8-6-18/h5-8,10,12,14H,4,9,11,13H2,1-3H3,(H2,21,22,23). The highest BCUT2D eigenvalue weighted by Crippen LogP contribution is 2.14. The molecule has 0 aliphatic rings. The third kappa shape index (κ3) is 5.56. The number of hydrogen-bond acceptors (Lipinski definition) is 5. The molecule has 2 aromatic heterocycles. The Hall–Kier alpha value is -2.87. The molecular weight excluding hydrogens is 372 g/mol. The molecule has 0 bridgehead atoms. The monoisotopic (exact) mass is 398 g/mol. The van der Waals surface area contributed by atoms with Gasteiger partial charge in [0.2, 0.25) is 0 Å². The molecule has 0 radical (unpaired) electrons. The second-order valence-electron chi connectivity index (χ2n) is 6.18. The molecule has 0 fully saturated rings. The number of nitrogens with zero attached hydrogens (tertiary/aromatic N) is 4. The molecule has 8 heteroatoms. The van der Waals surface area contributed by atoms with Crippen LogP contribution in [0.25, 0.3) is 5.69 Å². The average Bonchev–Trinajstić information content (AvgIpc) is 3.35. The lowest BCUT2D eigenvalue weighted by Gasteiger charge is -2.10. The number of aryl methyl sites for hydroxylation is 1. The van der Waals surface area contributed by atoms with Gasteiger partial charge in [-0.05, 0) is 44.2 Å². The number of nitrogens with one attached hydrogen (secondary N) is 2. The normalized spacial score (nSPS) is 11.5. The first kappa shape index (κ1) is 19.9. The Balaban J connectivity index is 1.57.